The number of amides is 1. The average Bonchev–Trinajstić information content (AvgIpc) is 2.79. The van der Waals surface area contributed by atoms with Gasteiger partial charge in [-0.1, -0.05) is 34.1 Å². The van der Waals surface area contributed by atoms with Gasteiger partial charge in [-0.2, -0.15) is 4.98 Å². The van der Waals surface area contributed by atoms with Crippen molar-refractivity contribution in [3.05, 3.63) is 33.5 Å². The summed E-state index contributed by atoms with van der Waals surface area (Å²) in [6.45, 7) is 4.63. The van der Waals surface area contributed by atoms with Crippen LogP contribution in [0.5, 0.6) is 0 Å². The number of hydrogen-bond acceptors (Lipinski definition) is 4. The highest BCUT2D eigenvalue weighted by Gasteiger charge is 2.11. The Balaban J connectivity index is 2.09. The minimum atomic E-state index is -0.0143. The Bertz CT molecular complexity index is 739. The van der Waals surface area contributed by atoms with Crippen LogP contribution in [0.25, 0.3) is 11.4 Å². The molecule has 2 N–H and O–H groups in total. The van der Waals surface area contributed by atoms with Gasteiger partial charge in [0.05, 0.1) is 13.2 Å². The van der Waals surface area contributed by atoms with Crippen LogP contribution in [0, 0.1) is 4.77 Å². The molecule has 0 saturated heterocycles. The Morgan fingerprint density at radius 1 is 1.48 bits per heavy atom. The fourth-order valence-corrected chi connectivity index (χ4v) is 2.80. The Labute approximate surface area is 149 Å². The minimum absolute atomic E-state index is 0.0143. The summed E-state index contributed by atoms with van der Waals surface area (Å²) in [4.78, 5) is 18.0. The first-order valence-electron chi connectivity index (χ1n) is 7.26. The van der Waals surface area contributed by atoms with Gasteiger partial charge < -0.3 is 5.32 Å². The van der Waals surface area contributed by atoms with Gasteiger partial charge in [-0.25, -0.2) is 4.68 Å². The van der Waals surface area contributed by atoms with Crippen LogP contribution in [0.4, 0.5) is 0 Å². The lowest BCUT2D eigenvalue weighted by Crippen LogP contribution is -2.39. The van der Waals surface area contributed by atoms with Crippen molar-refractivity contribution in [2.45, 2.75) is 26.6 Å². The molecule has 1 heterocycles. The van der Waals surface area contributed by atoms with Crippen LogP contribution in [0.3, 0.4) is 0 Å². The van der Waals surface area contributed by atoms with Crippen molar-refractivity contribution < 1.29 is 4.79 Å². The lowest BCUT2D eigenvalue weighted by atomic mass is 10.2. The van der Waals surface area contributed by atoms with Gasteiger partial charge in [-0.3, -0.25) is 14.8 Å². The largest absolute Gasteiger partial charge is 0.353 e. The van der Waals surface area contributed by atoms with E-state index < -0.39 is 0 Å². The van der Waals surface area contributed by atoms with Gasteiger partial charge in [0.1, 0.15) is 0 Å². The fourth-order valence-electron chi connectivity index (χ4n) is 2.13. The zero-order valence-corrected chi connectivity index (χ0v) is 15.7. The number of H-pyrrole nitrogens is 1. The highest BCUT2D eigenvalue weighted by Crippen LogP contribution is 2.24. The van der Waals surface area contributed by atoms with Crippen LogP contribution < -0.4 is 5.32 Å². The minimum Gasteiger partial charge on any atom is -0.353 e. The van der Waals surface area contributed by atoms with Gasteiger partial charge in [-0.15, -0.1) is 0 Å². The lowest BCUT2D eigenvalue weighted by Gasteiger charge is -2.17. The molecular formula is C15H20BrN5OS. The first-order valence-corrected chi connectivity index (χ1v) is 8.46. The van der Waals surface area contributed by atoms with Gasteiger partial charge >= 0.3 is 0 Å². The number of nitrogens with one attached hydrogen (secondary N) is 2. The second-order valence-corrected chi connectivity index (χ2v) is 6.86. The Kier molecular flexibility index (Phi) is 6.09. The van der Waals surface area contributed by atoms with E-state index in [2.05, 4.69) is 31.3 Å². The van der Waals surface area contributed by atoms with E-state index in [1.165, 1.54) is 0 Å². The smallest absolute Gasteiger partial charge is 0.234 e. The van der Waals surface area contributed by atoms with Crippen molar-refractivity contribution in [3.8, 4) is 11.4 Å². The predicted molar refractivity (Wildman–Crippen MR) is 96.5 cm³/mol. The van der Waals surface area contributed by atoms with Gasteiger partial charge in [0.15, 0.2) is 5.82 Å². The number of nitrogens with zero attached hydrogens (tertiary/aromatic N) is 3. The van der Waals surface area contributed by atoms with E-state index in [9.17, 15) is 4.79 Å². The van der Waals surface area contributed by atoms with Crippen molar-refractivity contribution in [2.75, 3.05) is 13.6 Å². The van der Waals surface area contributed by atoms with Crippen molar-refractivity contribution >= 4 is 34.1 Å². The highest BCUT2D eigenvalue weighted by atomic mass is 79.9. The standard InChI is InChI=1S/C15H20BrN5OS/c1-10(2)17-13(22)8-20(3)9-21-15(23)18-14(19-21)11-6-4-5-7-12(11)16/h4-7,10H,8-9H2,1-3H3,(H,17,22)(H,18,19,23). The number of benzene rings is 1. The Morgan fingerprint density at radius 3 is 2.83 bits per heavy atom. The molecule has 2 aromatic rings. The molecule has 0 fully saturated rings. The maximum Gasteiger partial charge on any atom is 0.234 e. The number of likely N-dealkylation sites (N-methyl/N-ethyl adjacent to an activating group) is 1. The van der Waals surface area contributed by atoms with E-state index in [0.717, 1.165) is 10.0 Å². The molecule has 0 aliphatic heterocycles. The van der Waals surface area contributed by atoms with E-state index in [1.807, 2.05) is 50.1 Å². The summed E-state index contributed by atoms with van der Waals surface area (Å²) < 4.78 is 3.14. The molecule has 6 nitrogen and oxygen atoms in total. The first-order chi connectivity index (χ1) is 10.9. The quantitative estimate of drug-likeness (QED) is 0.735. The summed E-state index contributed by atoms with van der Waals surface area (Å²) in [5.41, 5.74) is 0.942. The molecule has 0 bridgehead atoms. The van der Waals surface area contributed by atoms with E-state index in [4.69, 9.17) is 12.2 Å². The monoisotopic (exact) mass is 397 g/mol. The average molecular weight is 398 g/mol. The molecular weight excluding hydrogens is 378 g/mol. The van der Waals surface area contributed by atoms with Crippen LogP contribution in [-0.2, 0) is 11.5 Å². The van der Waals surface area contributed by atoms with E-state index in [-0.39, 0.29) is 11.9 Å². The van der Waals surface area contributed by atoms with Crippen LogP contribution >= 0.6 is 28.1 Å². The summed E-state index contributed by atoms with van der Waals surface area (Å²) >= 11 is 8.80. The van der Waals surface area contributed by atoms with Crippen LogP contribution in [-0.4, -0.2) is 45.2 Å². The molecule has 0 saturated carbocycles. The Morgan fingerprint density at radius 2 is 2.17 bits per heavy atom. The number of aromatic amines is 1. The Hall–Kier alpha value is -1.51. The second-order valence-electron chi connectivity index (χ2n) is 5.64. The molecule has 124 valence electrons. The third-order valence-electron chi connectivity index (χ3n) is 3.05. The highest BCUT2D eigenvalue weighted by molar-refractivity contribution is 9.10. The molecule has 1 aromatic heterocycles. The van der Waals surface area contributed by atoms with E-state index >= 15 is 0 Å². The van der Waals surface area contributed by atoms with Crippen molar-refractivity contribution in [3.63, 3.8) is 0 Å². The number of hydrogen-bond donors (Lipinski definition) is 2. The number of carbonyl (C=O) groups excluding carboxylic acids is 1. The zero-order chi connectivity index (χ0) is 17.0. The van der Waals surface area contributed by atoms with Gasteiger partial charge in [0, 0.05) is 16.1 Å². The lowest BCUT2D eigenvalue weighted by molar-refractivity contribution is -0.122. The SMILES string of the molecule is CC(C)NC(=O)CN(C)Cn1[nH]c(-c2ccccc2Br)nc1=S. The number of aromatic nitrogens is 3. The van der Waals surface area contributed by atoms with E-state index in [1.54, 1.807) is 4.68 Å². The maximum atomic E-state index is 11.8. The topological polar surface area (TPSA) is 66.0 Å². The second kappa shape index (κ2) is 7.85. The third kappa shape index (κ3) is 4.98. The molecule has 23 heavy (non-hydrogen) atoms. The van der Waals surface area contributed by atoms with Crippen LogP contribution in [0.2, 0.25) is 0 Å². The van der Waals surface area contributed by atoms with Crippen LogP contribution in [0.15, 0.2) is 28.7 Å². The fraction of sp³-hybridized carbons (Fsp3) is 0.400. The molecule has 0 spiro atoms. The summed E-state index contributed by atoms with van der Waals surface area (Å²) in [5, 5.41) is 6.05. The number of halogens is 1. The predicted octanol–water partition coefficient (Wildman–Crippen LogP) is 2.78. The van der Waals surface area contributed by atoms with Crippen molar-refractivity contribution in [2.24, 2.45) is 0 Å². The molecule has 1 aromatic carbocycles. The molecule has 2 rings (SSSR count). The van der Waals surface area contributed by atoms with Gasteiger partial charge in [0.2, 0.25) is 10.7 Å². The van der Waals surface area contributed by atoms with Crippen molar-refractivity contribution in [1.82, 2.24) is 25.0 Å². The molecule has 0 aliphatic carbocycles. The summed E-state index contributed by atoms with van der Waals surface area (Å²) in [5.74, 6) is 0.682. The molecule has 0 radical (unpaired) electrons. The molecule has 0 atom stereocenters. The summed E-state index contributed by atoms with van der Waals surface area (Å²) in [6, 6.07) is 7.93. The molecule has 8 heteroatoms. The van der Waals surface area contributed by atoms with Crippen LogP contribution in [0.1, 0.15) is 13.8 Å². The third-order valence-corrected chi connectivity index (χ3v) is 4.06. The maximum absolute atomic E-state index is 11.8. The molecule has 0 aliphatic rings. The molecule has 0 unspecified atom stereocenters. The molecule has 1 amide bonds. The van der Waals surface area contributed by atoms with Gasteiger partial charge in [0.25, 0.3) is 0 Å². The number of rotatable bonds is 6. The van der Waals surface area contributed by atoms with Gasteiger partial charge in [-0.05, 0) is 39.2 Å². The van der Waals surface area contributed by atoms with Crippen molar-refractivity contribution in [1.29, 1.82) is 0 Å². The normalized spacial score (nSPS) is 11.2. The van der Waals surface area contributed by atoms with E-state index in [0.29, 0.717) is 23.8 Å². The summed E-state index contributed by atoms with van der Waals surface area (Å²) in [6.07, 6.45) is 0. The first kappa shape index (κ1) is 17.8. The summed E-state index contributed by atoms with van der Waals surface area (Å²) in [7, 11) is 1.86. The number of carbonyl (C=O) groups is 1. The zero-order valence-electron chi connectivity index (χ0n) is 13.3.